The number of aryl methyl sites for hydroxylation is 2. The number of aromatic nitrogens is 5. The molecular weight excluding hydrogens is 761 g/mol. The number of carbonyl (C=O) groups is 2. The average molecular weight is 794 g/mol. The monoisotopic (exact) mass is 793 g/mol. The van der Waals surface area contributed by atoms with Crippen molar-refractivity contribution in [3.63, 3.8) is 0 Å². The summed E-state index contributed by atoms with van der Waals surface area (Å²) in [6, 6.07) is 5.90. The number of rotatable bonds is 7. The summed E-state index contributed by atoms with van der Waals surface area (Å²) in [4.78, 5) is 73.0. The van der Waals surface area contributed by atoms with Crippen molar-refractivity contribution in [2.75, 3.05) is 21.3 Å². The Hall–Kier alpha value is -5.19. The molecule has 0 saturated carbocycles. The Morgan fingerprint density at radius 2 is 1.66 bits per heavy atom. The van der Waals surface area contributed by atoms with Crippen molar-refractivity contribution in [3.05, 3.63) is 105 Å². The first-order chi connectivity index (χ1) is 23.9. The molecule has 0 unspecified atom stereocenters. The van der Waals surface area contributed by atoms with Crippen LogP contribution in [0.3, 0.4) is 0 Å². The van der Waals surface area contributed by atoms with Gasteiger partial charge in [0.1, 0.15) is 5.69 Å². The number of nitrogens with zero attached hydrogens (tertiary/aromatic N) is 5. The number of allylic oxidation sites excluding steroid dienone is 6. The molecule has 258 valence electrons. The van der Waals surface area contributed by atoms with Gasteiger partial charge in [0.2, 0.25) is 0 Å². The highest BCUT2D eigenvalue weighted by atomic mass is 127. The lowest BCUT2D eigenvalue weighted by Crippen LogP contribution is -2.40. The molecule has 0 radical (unpaired) electrons. The van der Waals surface area contributed by atoms with Gasteiger partial charge in [0.15, 0.2) is 34.6 Å². The summed E-state index contributed by atoms with van der Waals surface area (Å²) in [5.74, 6) is -0.348. The summed E-state index contributed by atoms with van der Waals surface area (Å²) in [5.41, 5.74) is 1.72. The van der Waals surface area contributed by atoms with Crippen molar-refractivity contribution < 1.29 is 28.9 Å². The van der Waals surface area contributed by atoms with E-state index in [0.717, 1.165) is 4.57 Å². The Morgan fingerprint density at radius 3 is 2.36 bits per heavy atom. The van der Waals surface area contributed by atoms with Crippen LogP contribution in [0, 0.1) is 3.57 Å². The minimum atomic E-state index is -0.761. The number of phenols is 1. The van der Waals surface area contributed by atoms with Crippen LogP contribution in [0.25, 0.3) is 11.0 Å². The second kappa shape index (κ2) is 12.3. The van der Waals surface area contributed by atoms with Crippen LogP contribution in [-0.4, -0.2) is 61.5 Å². The second-order valence-corrected chi connectivity index (χ2v) is 13.5. The molecule has 1 N–H and O–H groups in total. The molecule has 2 aromatic carbocycles. The van der Waals surface area contributed by atoms with E-state index in [-0.39, 0.29) is 71.4 Å². The maximum atomic E-state index is 14.2. The standard InChI is InChI=1S/C35H32IN5O9/c1-16-10-25(42)30-19(31(16)43)13-23-18(29(30)17-11-20(36)32(44)28(12-17)50-5)6-9-40-34(46)39(35(47)41(23)40)8-7-21-33(45)38(2)24-15-27(49-4)26(48-3)14-22(24)37-21/h6,10-12,14-15,23,29,44H,7-9,13H2,1-5H3/t23-,29+/m1/s1. The first-order valence-electron chi connectivity index (χ1n) is 15.7. The highest BCUT2D eigenvalue weighted by molar-refractivity contribution is 14.1. The van der Waals surface area contributed by atoms with E-state index in [2.05, 4.69) is 4.98 Å². The SMILES string of the molecule is COc1cc2nc(CCn3c(=O)n4n(c3=O)[C@@H]3CC5=C(C(=O)C=C(C)C5=O)[C@@H](c5cc(I)c(O)c(OC)c5)C3=CC4)c(=O)n(C)c2cc1OC. The van der Waals surface area contributed by atoms with Gasteiger partial charge in [-0.25, -0.2) is 28.5 Å². The number of ketones is 2. The average Bonchev–Trinajstić information content (AvgIpc) is 3.36. The van der Waals surface area contributed by atoms with Crippen molar-refractivity contribution >= 4 is 45.2 Å². The summed E-state index contributed by atoms with van der Waals surface area (Å²) < 4.78 is 21.8. The fraction of sp³-hybridized carbons (Fsp3) is 0.314. The van der Waals surface area contributed by atoms with Crippen molar-refractivity contribution in [1.82, 2.24) is 23.5 Å². The van der Waals surface area contributed by atoms with Gasteiger partial charge in [0.25, 0.3) is 5.56 Å². The Morgan fingerprint density at radius 1 is 0.960 bits per heavy atom. The van der Waals surface area contributed by atoms with Gasteiger partial charge >= 0.3 is 11.4 Å². The number of hydrogen-bond acceptors (Lipinski definition) is 10. The van der Waals surface area contributed by atoms with Crippen LogP contribution in [0.15, 0.2) is 73.1 Å². The first kappa shape index (κ1) is 33.3. The number of halogens is 1. The minimum Gasteiger partial charge on any atom is -0.504 e. The number of methoxy groups -OCH3 is 3. The molecule has 3 heterocycles. The molecular formula is C35H32IN5O9. The highest BCUT2D eigenvalue weighted by Gasteiger charge is 2.45. The first-order valence-corrected chi connectivity index (χ1v) is 16.8. The van der Waals surface area contributed by atoms with E-state index >= 15 is 0 Å². The molecule has 0 bridgehead atoms. The molecule has 2 atom stereocenters. The largest absolute Gasteiger partial charge is 0.504 e. The van der Waals surface area contributed by atoms with Gasteiger partial charge in [0, 0.05) is 61.2 Å². The molecule has 14 nitrogen and oxygen atoms in total. The van der Waals surface area contributed by atoms with Crippen LogP contribution in [0.4, 0.5) is 0 Å². The maximum absolute atomic E-state index is 14.2. The Balaban J connectivity index is 1.31. The zero-order valence-electron chi connectivity index (χ0n) is 27.8. The van der Waals surface area contributed by atoms with Crippen molar-refractivity contribution in [2.24, 2.45) is 7.05 Å². The zero-order chi connectivity index (χ0) is 35.8. The quantitative estimate of drug-likeness (QED) is 0.167. The molecule has 0 amide bonds. The molecule has 15 heteroatoms. The molecule has 2 aromatic heterocycles. The number of phenolic OH excluding ortho intramolecular Hbond substituents is 1. The topological polar surface area (TPSA) is 166 Å². The second-order valence-electron chi connectivity index (χ2n) is 12.3. The van der Waals surface area contributed by atoms with Crippen LogP contribution in [0.2, 0.25) is 0 Å². The third-order valence-electron chi connectivity index (χ3n) is 9.73. The third-order valence-corrected chi connectivity index (χ3v) is 10.6. The zero-order valence-corrected chi connectivity index (χ0v) is 29.9. The normalized spacial score (nSPS) is 18.4. The molecule has 7 rings (SSSR count). The van der Waals surface area contributed by atoms with Gasteiger partial charge in [-0.15, -0.1) is 0 Å². The number of aromatic hydroxyl groups is 1. The van der Waals surface area contributed by atoms with Crippen LogP contribution in [0.5, 0.6) is 23.0 Å². The summed E-state index contributed by atoms with van der Waals surface area (Å²) in [6.07, 6.45) is 3.17. The molecule has 4 aromatic rings. The molecule has 50 heavy (non-hydrogen) atoms. The lowest BCUT2D eigenvalue weighted by Gasteiger charge is -2.39. The molecule has 0 saturated heterocycles. The summed E-state index contributed by atoms with van der Waals surface area (Å²) in [7, 11) is 6.02. The van der Waals surface area contributed by atoms with E-state index < -0.39 is 23.3 Å². The predicted octanol–water partition coefficient (Wildman–Crippen LogP) is 2.70. The summed E-state index contributed by atoms with van der Waals surface area (Å²) >= 11 is 1.97. The number of carbonyl (C=O) groups excluding carboxylic acids is 2. The highest BCUT2D eigenvalue weighted by Crippen LogP contribution is 2.51. The van der Waals surface area contributed by atoms with E-state index in [4.69, 9.17) is 14.2 Å². The fourth-order valence-corrected chi connectivity index (χ4v) is 7.90. The van der Waals surface area contributed by atoms with Crippen LogP contribution >= 0.6 is 22.6 Å². The van der Waals surface area contributed by atoms with Gasteiger partial charge in [-0.1, -0.05) is 6.08 Å². The van der Waals surface area contributed by atoms with Crippen molar-refractivity contribution in [1.29, 1.82) is 0 Å². The van der Waals surface area contributed by atoms with Gasteiger partial charge in [-0.2, -0.15) is 0 Å². The number of ether oxygens (including phenoxy) is 3. The summed E-state index contributed by atoms with van der Waals surface area (Å²) in [6.45, 7) is 1.48. The van der Waals surface area contributed by atoms with E-state index in [1.807, 2.05) is 28.7 Å². The minimum absolute atomic E-state index is 0.0122. The molecule has 3 aliphatic rings. The van der Waals surface area contributed by atoms with Gasteiger partial charge < -0.3 is 23.9 Å². The van der Waals surface area contributed by atoms with Gasteiger partial charge in [-0.05, 0) is 58.9 Å². The predicted molar refractivity (Wildman–Crippen MR) is 189 cm³/mol. The number of hydrogen-bond donors (Lipinski definition) is 1. The Bertz CT molecular complexity index is 2460. The number of Topliss-reactive ketones (excluding diaryl/α,β-unsaturated/α-hetero) is 1. The van der Waals surface area contributed by atoms with Crippen LogP contribution in [0.1, 0.15) is 36.6 Å². The van der Waals surface area contributed by atoms with Crippen molar-refractivity contribution in [2.45, 2.75) is 44.8 Å². The molecule has 1 aliphatic heterocycles. The number of fused-ring (bicyclic) bond motifs is 4. The van der Waals surface area contributed by atoms with Crippen LogP contribution in [-0.2, 0) is 36.1 Å². The third kappa shape index (κ3) is 4.96. The molecule has 0 fully saturated rings. The molecule has 0 spiro atoms. The summed E-state index contributed by atoms with van der Waals surface area (Å²) in [5, 5.41) is 10.6. The van der Waals surface area contributed by atoms with Gasteiger partial charge in [-0.3, -0.25) is 14.4 Å². The lowest BCUT2D eigenvalue weighted by molar-refractivity contribution is -0.116. The van der Waals surface area contributed by atoms with E-state index in [1.165, 1.54) is 41.3 Å². The number of benzene rings is 2. The Kier molecular flexibility index (Phi) is 8.19. The van der Waals surface area contributed by atoms with E-state index in [0.29, 0.717) is 42.8 Å². The van der Waals surface area contributed by atoms with E-state index in [1.54, 1.807) is 38.2 Å². The fourth-order valence-electron chi connectivity index (χ4n) is 7.28. The smallest absolute Gasteiger partial charge is 0.347 e. The lowest BCUT2D eigenvalue weighted by atomic mass is 9.68. The van der Waals surface area contributed by atoms with Gasteiger partial charge in [0.05, 0.1) is 48.5 Å². The van der Waals surface area contributed by atoms with Crippen molar-refractivity contribution in [3.8, 4) is 23.0 Å². The van der Waals surface area contributed by atoms with Crippen LogP contribution < -0.4 is 31.1 Å². The van der Waals surface area contributed by atoms with E-state index in [9.17, 15) is 29.1 Å². The molecule has 2 aliphatic carbocycles. The maximum Gasteiger partial charge on any atom is 0.347 e. The Labute approximate surface area is 297 Å².